The Morgan fingerprint density at radius 2 is 1.31 bits per heavy atom. The molecule has 0 spiro atoms. The van der Waals surface area contributed by atoms with Gasteiger partial charge >= 0.3 is 0 Å². The summed E-state index contributed by atoms with van der Waals surface area (Å²) in [5.41, 5.74) is 0. The van der Waals surface area contributed by atoms with E-state index in [2.05, 4.69) is 0 Å². The maximum atomic E-state index is 10.4. The lowest BCUT2D eigenvalue weighted by atomic mass is 9.97. The zero-order valence-corrected chi connectivity index (χ0v) is 14.4. The average molecular weight is 384 g/mol. The molecule has 154 valence electrons. The lowest BCUT2D eigenvalue weighted by Crippen LogP contribution is -2.64. The van der Waals surface area contributed by atoms with Crippen LogP contribution in [0, 0.1) is 0 Å². The summed E-state index contributed by atoms with van der Waals surface area (Å²) in [6, 6.07) is 0. The fourth-order valence-corrected chi connectivity index (χ4v) is 2.92. The van der Waals surface area contributed by atoms with Gasteiger partial charge < -0.3 is 54.7 Å². The highest BCUT2D eigenvalue weighted by molar-refractivity contribution is 4.94. The molecule has 7 N–H and O–H groups in total. The van der Waals surface area contributed by atoms with Crippen LogP contribution in [-0.4, -0.2) is 117 Å². The third-order valence-electron chi connectivity index (χ3n) is 4.45. The minimum Gasteiger partial charge on any atom is -0.394 e. The van der Waals surface area contributed by atoms with Gasteiger partial charge in [0.1, 0.15) is 48.8 Å². The van der Waals surface area contributed by atoms with Crippen LogP contribution >= 0.6 is 0 Å². The van der Waals surface area contributed by atoms with Crippen molar-refractivity contribution >= 4 is 0 Å². The minimum atomic E-state index is -1.70. The molecule has 0 aromatic carbocycles. The van der Waals surface area contributed by atoms with Crippen molar-refractivity contribution in [1.82, 2.24) is 0 Å². The standard InChI is InChI=1S/C15H28O11/c1-2-3-23-14-12(22)13(9(19)7(5-17)24-14)26-15-11(21)10(20)8(18)6(4-16)25-15/h6-22H,2-5H2,1H3/t6-,7-,8-,9-,10+,11-,12-,13+,14+,15+/m1/s1. The number of hydrogen-bond donors (Lipinski definition) is 7. The number of ether oxygens (including phenoxy) is 4. The van der Waals surface area contributed by atoms with Gasteiger partial charge in [-0.05, 0) is 6.42 Å². The molecule has 0 unspecified atom stereocenters. The van der Waals surface area contributed by atoms with Crippen molar-refractivity contribution in [3.8, 4) is 0 Å². The van der Waals surface area contributed by atoms with E-state index in [9.17, 15) is 35.7 Å². The summed E-state index contributed by atoms with van der Waals surface area (Å²) in [6.45, 7) is 0.873. The predicted molar refractivity (Wildman–Crippen MR) is 82.6 cm³/mol. The molecule has 0 amide bonds. The average Bonchev–Trinajstić information content (AvgIpc) is 2.64. The van der Waals surface area contributed by atoms with Gasteiger partial charge in [-0.15, -0.1) is 0 Å². The molecule has 2 fully saturated rings. The van der Waals surface area contributed by atoms with Gasteiger partial charge in [-0.2, -0.15) is 0 Å². The lowest BCUT2D eigenvalue weighted by molar-refractivity contribution is -0.360. The van der Waals surface area contributed by atoms with Crippen LogP contribution in [0.3, 0.4) is 0 Å². The van der Waals surface area contributed by atoms with Gasteiger partial charge in [0, 0.05) is 6.61 Å². The maximum Gasteiger partial charge on any atom is 0.187 e. The number of aliphatic hydroxyl groups is 7. The first-order chi connectivity index (χ1) is 12.3. The highest BCUT2D eigenvalue weighted by atomic mass is 16.7. The van der Waals surface area contributed by atoms with E-state index in [0.717, 1.165) is 0 Å². The van der Waals surface area contributed by atoms with Crippen molar-refractivity contribution in [2.24, 2.45) is 0 Å². The van der Waals surface area contributed by atoms with E-state index >= 15 is 0 Å². The molecule has 26 heavy (non-hydrogen) atoms. The Morgan fingerprint density at radius 1 is 0.731 bits per heavy atom. The van der Waals surface area contributed by atoms with Crippen LogP contribution in [-0.2, 0) is 18.9 Å². The number of aliphatic hydroxyl groups excluding tert-OH is 7. The smallest absolute Gasteiger partial charge is 0.187 e. The third-order valence-corrected chi connectivity index (χ3v) is 4.45. The van der Waals surface area contributed by atoms with Gasteiger partial charge in [0.05, 0.1) is 13.2 Å². The van der Waals surface area contributed by atoms with Gasteiger partial charge in [0.2, 0.25) is 0 Å². The second kappa shape index (κ2) is 9.66. The summed E-state index contributed by atoms with van der Waals surface area (Å²) >= 11 is 0. The molecule has 2 aliphatic heterocycles. The first kappa shape index (κ1) is 21.9. The van der Waals surface area contributed by atoms with Crippen molar-refractivity contribution in [3.05, 3.63) is 0 Å². The van der Waals surface area contributed by atoms with Crippen LogP contribution < -0.4 is 0 Å². The molecule has 2 rings (SSSR count). The molecule has 10 atom stereocenters. The maximum absolute atomic E-state index is 10.4. The highest BCUT2D eigenvalue weighted by Gasteiger charge is 2.50. The minimum absolute atomic E-state index is 0.253. The molecule has 0 radical (unpaired) electrons. The molecule has 11 nitrogen and oxygen atoms in total. The molecule has 11 heteroatoms. The molecular formula is C15H28O11. The molecule has 2 aliphatic rings. The Balaban J connectivity index is 2.13. The number of hydrogen-bond acceptors (Lipinski definition) is 11. The molecule has 2 saturated heterocycles. The van der Waals surface area contributed by atoms with Crippen LogP contribution in [0.15, 0.2) is 0 Å². The molecule has 2 heterocycles. The highest BCUT2D eigenvalue weighted by Crippen LogP contribution is 2.29. The fraction of sp³-hybridized carbons (Fsp3) is 1.00. The van der Waals surface area contributed by atoms with Crippen molar-refractivity contribution in [3.63, 3.8) is 0 Å². The largest absolute Gasteiger partial charge is 0.394 e. The first-order valence-electron chi connectivity index (χ1n) is 8.55. The van der Waals surface area contributed by atoms with E-state index in [0.29, 0.717) is 6.42 Å². The third kappa shape index (κ3) is 4.51. The van der Waals surface area contributed by atoms with Crippen LogP contribution in [0.4, 0.5) is 0 Å². The Labute approximate surface area is 150 Å². The second-order valence-corrected chi connectivity index (χ2v) is 6.38. The normalized spacial score (nSPS) is 47.1. The lowest BCUT2D eigenvalue weighted by Gasteiger charge is -2.45. The quantitative estimate of drug-likeness (QED) is 0.228. The van der Waals surface area contributed by atoms with Crippen LogP contribution in [0.25, 0.3) is 0 Å². The van der Waals surface area contributed by atoms with E-state index in [1.165, 1.54) is 0 Å². The Kier molecular flexibility index (Phi) is 8.12. The van der Waals surface area contributed by atoms with Gasteiger partial charge in [-0.1, -0.05) is 6.92 Å². The van der Waals surface area contributed by atoms with E-state index in [-0.39, 0.29) is 6.61 Å². The van der Waals surface area contributed by atoms with Crippen molar-refractivity contribution in [1.29, 1.82) is 0 Å². The van der Waals surface area contributed by atoms with Crippen LogP contribution in [0.1, 0.15) is 13.3 Å². The molecule has 0 aromatic heterocycles. The zero-order valence-electron chi connectivity index (χ0n) is 14.4. The summed E-state index contributed by atoms with van der Waals surface area (Å²) in [6.07, 6.45) is -13.7. The van der Waals surface area contributed by atoms with Crippen molar-refractivity contribution in [2.45, 2.75) is 74.8 Å². The van der Waals surface area contributed by atoms with Crippen LogP contribution in [0.5, 0.6) is 0 Å². The van der Waals surface area contributed by atoms with Crippen LogP contribution in [0.2, 0.25) is 0 Å². The van der Waals surface area contributed by atoms with E-state index < -0.39 is 74.6 Å². The molecule has 0 aliphatic carbocycles. The summed E-state index contributed by atoms with van der Waals surface area (Å²) in [4.78, 5) is 0. The van der Waals surface area contributed by atoms with E-state index in [1.807, 2.05) is 6.92 Å². The Morgan fingerprint density at radius 3 is 1.88 bits per heavy atom. The Hall–Kier alpha value is -0.440. The summed E-state index contributed by atoms with van der Waals surface area (Å²) in [5.74, 6) is 0. The summed E-state index contributed by atoms with van der Waals surface area (Å²) < 4.78 is 21.3. The van der Waals surface area contributed by atoms with E-state index in [1.54, 1.807) is 0 Å². The first-order valence-corrected chi connectivity index (χ1v) is 8.55. The van der Waals surface area contributed by atoms with E-state index in [4.69, 9.17) is 18.9 Å². The van der Waals surface area contributed by atoms with Gasteiger partial charge in [0.15, 0.2) is 12.6 Å². The molecule has 0 saturated carbocycles. The zero-order chi connectivity index (χ0) is 19.4. The SMILES string of the molecule is CCCO[C@H]1O[C@H](CO)[C@@H](O)[C@H](O[C@@H]2O[C@H](CO)[C@@H](O)[C@H](O)[C@H]2O)[C@H]1O. The fourth-order valence-electron chi connectivity index (χ4n) is 2.92. The van der Waals surface area contributed by atoms with Crippen molar-refractivity contribution in [2.75, 3.05) is 19.8 Å². The summed E-state index contributed by atoms with van der Waals surface area (Å²) in [7, 11) is 0. The monoisotopic (exact) mass is 384 g/mol. The predicted octanol–water partition coefficient (Wildman–Crippen LogP) is -3.96. The van der Waals surface area contributed by atoms with Crippen molar-refractivity contribution < 1.29 is 54.7 Å². The van der Waals surface area contributed by atoms with Gasteiger partial charge in [-0.25, -0.2) is 0 Å². The molecule has 0 aromatic rings. The summed E-state index contributed by atoms with van der Waals surface area (Å²) in [5, 5.41) is 68.9. The van der Waals surface area contributed by atoms with Gasteiger partial charge in [-0.3, -0.25) is 0 Å². The molecular weight excluding hydrogens is 356 g/mol. The second-order valence-electron chi connectivity index (χ2n) is 6.38. The topological polar surface area (TPSA) is 179 Å². The van der Waals surface area contributed by atoms with Gasteiger partial charge in [0.25, 0.3) is 0 Å². The Bertz CT molecular complexity index is 422. The molecule has 0 bridgehead atoms. The number of rotatable bonds is 7.